The fourth-order valence-electron chi connectivity index (χ4n) is 2.11. The molecule has 0 heterocycles. The van der Waals surface area contributed by atoms with Crippen LogP contribution in [0.1, 0.15) is 11.1 Å². The van der Waals surface area contributed by atoms with Gasteiger partial charge >= 0.3 is 0 Å². The van der Waals surface area contributed by atoms with Gasteiger partial charge in [-0.2, -0.15) is 0 Å². The number of benzene rings is 1. The number of aliphatic hydroxyl groups excluding tert-OH is 1. The van der Waals surface area contributed by atoms with Crippen LogP contribution < -0.4 is 15.2 Å². The fourth-order valence-corrected chi connectivity index (χ4v) is 2.11. The van der Waals surface area contributed by atoms with Gasteiger partial charge in [-0.05, 0) is 29.7 Å². The lowest BCUT2D eigenvalue weighted by Gasteiger charge is -2.27. The third-order valence-corrected chi connectivity index (χ3v) is 3.08. The van der Waals surface area contributed by atoms with Crippen molar-refractivity contribution in [3.05, 3.63) is 23.3 Å². The number of rotatable bonds is 2. The molecule has 0 aromatic heterocycles. The second-order valence-corrected chi connectivity index (χ2v) is 4.12. The van der Waals surface area contributed by atoms with Crippen molar-refractivity contribution in [2.75, 3.05) is 14.2 Å². The first kappa shape index (κ1) is 11.2. The smallest absolute Gasteiger partial charge is 0.161 e. The van der Waals surface area contributed by atoms with E-state index < -0.39 is 6.10 Å². The highest BCUT2D eigenvalue weighted by atomic mass is 16.5. The minimum atomic E-state index is -0.467. The van der Waals surface area contributed by atoms with E-state index in [-0.39, 0.29) is 6.04 Å². The Kier molecular flexibility index (Phi) is 3.03. The zero-order valence-corrected chi connectivity index (χ0v) is 9.56. The van der Waals surface area contributed by atoms with Crippen molar-refractivity contribution in [1.29, 1.82) is 0 Å². The number of hydrogen-bond acceptors (Lipinski definition) is 4. The maximum Gasteiger partial charge on any atom is 0.161 e. The molecule has 1 aliphatic carbocycles. The Morgan fingerprint density at radius 3 is 2.12 bits per heavy atom. The molecule has 1 aromatic rings. The van der Waals surface area contributed by atoms with Gasteiger partial charge in [0.25, 0.3) is 0 Å². The summed E-state index contributed by atoms with van der Waals surface area (Å²) >= 11 is 0. The molecule has 0 bridgehead atoms. The van der Waals surface area contributed by atoms with E-state index >= 15 is 0 Å². The molecular weight excluding hydrogens is 206 g/mol. The van der Waals surface area contributed by atoms with Gasteiger partial charge in [0, 0.05) is 12.5 Å². The van der Waals surface area contributed by atoms with Gasteiger partial charge in [0.2, 0.25) is 0 Å². The monoisotopic (exact) mass is 223 g/mol. The molecule has 0 saturated heterocycles. The quantitative estimate of drug-likeness (QED) is 0.766. The van der Waals surface area contributed by atoms with Crippen LogP contribution in [0.2, 0.25) is 0 Å². The first-order valence-electron chi connectivity index (χ1n) is 5.33. The first-order chi connectivity index (χ1) is 7.65. The molecule has 0 radical (unpaired) electrons. The average molecular weight is 223 g/mol. The third-order valence-electron chi connectivity index (χ3n) is 3.08. The molecule has 4 nitrogen and oxygen atoms in total. The molecule has 0 amide bonds. The van der Waals surface area contributed by atoms with Crippen molar-refractivity contribution in [3.63, 3.8) is 0 Å². The fraction of sp³-hybridized carbons (Fsp3) is 0.500. The van der Waals surface area contributed by atoms with Crippen molar-refractivity contribution in [2.24, 2.45) is 5.73 Å². The number of hydrogen-bond donors (Lipinski definition) is 2. The van der Waals surface area contributed by atoms with Crippen LogP contribution in [0.3, 0.4) is 0 Å². The van der Waals surface area contributed by atoms with Crippen LogP contribution in [0, 0.1) is 0 Å². The van der Waals surface area contributed by atoms with Gasteiger partial charge < -0.3 is 20.3 Å². The number of fused-ring (bicyclic) bond motifs is 1. The Morgan fingerprint density at radius 1 is 1.12 bits per heavy atom. The second kappa shape index (κ2) is 4.31. The summed E-state index contributed by atoms with van der Waals surface area (Å²) in [5.74, 6) is 1.41. The van der Waals surface area contributed by atoms with Gasteiger partial charge in [-0.25, -0.2) is 0 Å². The lowest BCUT2D eigenvalue weighted by Crippen LogP contribution is -2.41. The second-order valence-electron chi connectivity index (χ2n) is 4.12. The summed E-state index contributed by atoms with van der Waals surface area (Å²) in [6.45, 7) is 0. The molecule has 88 valence electrons. The molecule has 0 aliphatic heterocycles. The topological polar surface area (TPSA) is 64.7 Å². The Morgan fingerprint density at radius 2 is 1.62 bits per heavy atom. The number of aliphatic hydroxyl groups is 1. The van der Waals surface area contributed by atoms with Crippen LogP contribution >= 0.6 is 0 Å². The normalized spacial score (nSPS) is 23.8. The Bertz CT molecular complexity index is 355. The Hall–Kier alpha value is -1.26. The summed E-state index contributed by atoms with van der Waals surface area (Å²) in [6, 6.07) is 3.68. The summed E-state index contributed by atoms with van der Waals surface area (Å²) < 4.78 is 10.5. The summed E-state index contributed by atoms with van der Waals surface area (Å²) in [6.07, 6.45) is 0.791. The molecule has 1 aromatic carbocycles. The van der Waals surface area contributed by atoms with E-state index in [0.717, 1.165) is 11.1 Å². The molecule has 2 unspecified atom stereocenters. The van der Waals surface area contributed by atoms with Gasteiger partial charge in [0.05, 0.1) is 20.3 Å². The summed E-state index contributed by atoms with van der Waals surface area (Å²) in [5.41, 5.74) is 8.06. The van der Waals surface area contributed by atoms with Crippen LogP contribution in [-0.2, 0) is 12.8 Å². The average Bonchev–Trinajstić information content (AvgIpc) is 2.29. The van der Waals surface area contributed by atoms with Gasteiger partial charge in [-0.1, -0.05) is 0 Å². The third kappa shape index (κ3) is 1.86. The van der Waals surface area contributed by atoms with E-state index in [1.807, 2.05) is 12.1 Å². The molecule has 0 spiro atoms. The zero-order chi connectivity index (χ0) is 11.7. The highest BCUT2D eigenvalue weighted by Crippen LogP contribution is 2.33. The van der Waals surface area contributed by atoms with Crippen LogP contribution in [0.25, 0.3) is 0 Å². The van der Waals surface area contributed by atoms with Gasteiger partial charge in [0.1, 0.15) is 0 Å². The van der Waals surface area contributed by atoms with Crippen LogP contribution in [0.15, 0.2) is 12.1 Å². The van der Waals surface area contributed by atoms with E-state index in [0.29, 0.717) is 24.3 Å². The molecule has 2 rings (SSSR count). The largest absolute Gasteiger partial charge is 0.493 e. The molecule has 0 fully saturated rings. The maximum absolute atomic E-state index is 9.72. The Balaban J connectivity index is 2.41. The molecule has 0 saturated carbocycles. The number of ether oxygens (including phenoxy) is 2. The van der Waals surface area contributed by atoms with E-state index in [1.165, 1.54) is 0 Å². The van der Waals surface area contributed by atoms with E-state index in [1.54, 1.807) is 14.2 Å². The van der Waals surface area contributed by atoms with Gasteiger partial charge in [-0.3, -0.25) is 0 Å². The number of methoxy groups -OCH3 is 2. The van der Waals surface area contributed by atoms with Crippen LogP contribution in [0.4, 0.5) is 0 Å². The summed E-state index contributed by atoms with van der Waals surface area (Å²) in [4.78, 5) is 0. The van der Waals surface area contributed by atoms with E-state index in [9.17, 15) is 5.11 Å². The van der Waals surface area contributed by atoms with E-state index in [4.69, 9.17) is 15.2 Å². The minimum Gasteiger partial charge on any atom is -0.493 e. The van der Waals surface area contributed by atoms with Crippen molar-refractivity contribution < 1.29 is 14.6 Å². The molecule has 2 atom stereocenters. The Labute approximate surface area is 95.0 Å². The van der Waals surface area contributed by atoms with Crippen molar-refractivity contribution in [1.82, 2.24) is 0 Å². The lowest BCUT2D eigenvalue weighted by molar-refractivity contribution is 0.137. The molecule has 4 heteroatoms. The maximum atomic E-state index is 9.72. The first-order valence-corrected chi connectivity index (χ1v) is 5.33. The van der Waals surface area contributed by atoms with Crippen molar-refractivity contribution in [3.8, 4) is 11.5 Å². The van der Waals surface area contributed by atoms with Crippen molar-refractivity contribution >= 4 is 0 Å². The predicted molar refractivity (Wildman–Crippen MR) is 60.9 cm³/mol. The minimum absolute atomic E-state index is 0.189. The highest BCUT2D eigenvalue weighted by Gasteiger charge is 2.25. The predicted octanol–water partition coefficient (Wildman–Crippen LogP) is 0.491. The van der Waals surface area contributed by atoms with Crippen LogP contribution in [0.5, 0.6) is 11.5 Å². The molecular formula is C12H17NO3. The van der Waals surface area contributed by atoms with Crippen LogP contribution in [-0.4, -0.2) is 31.5 Å². The standard InChI is InChI=1S/C12H17NO3/c1-15-11-5-7-3-9(13)10(14)4-8(7)6-12(11)16-2/h5-6,9-10,14H,3-4,13H2,1-2H3. The van der Waals surface area contributed by atoms with Gasteiger partial charge in [-0.15, -0.1) is 0 Å². The van der Waals surface area contributed by atoms with E-state index in [2.05, 4.69) is 0 Å². The SMILES string of the molecule is COc1cc2c(cc1OC)CC(O)C(N)C2. The van der Waals surface area contributed by atoms with Gasteiger partial charge in [0.15, 0.2) is 11.5 Å². The molecule has 1 aliphatic rings. The summed E-state index contributed by atoms with van der Waals surface area (Å²) in [5, 5.41) is 9.72. The summed E-state index contributed by atoms with van der Waals surface area (Å²) in [7, 11) is 3.22. The highest BCUT2D eigenvalue weighted by molar-refractivity contribution is 5.48. The lowest BCUT2D eigenvalue weighted by atomic mass is 9.86. The van der Waals surface area contributed by atoms with Crippen molar-refractivity contribution in [2.45, 2.75) is 25.0 Å². The number of nitrogens with two attached hydrogens (primary N) is 1. The molecule has 3 N–H and O–H groups in total. The zero-order valence-electron chi connectivity index (χ0n) is 9.56. The molecule has 16 heavy (non-hydrogen) atoms.